The van der Waals surface area contributed by atoms with Gasteiger partial charge in [0.2, 0.25) is 10.0 Å². The molecule has 236 valence electrons. The number of rotatable bonds is 9. The molecule has 1 aromatic heterocycles. The van der Waals surface area contributed by atoms with E-state index in [9.17, 15) is 22.0 Å². The van der Waals surface area contributed by atoms with E-state index in [1.807, 2.05) is 12.1 Å². The van der Waals surface area contributed by atoms with Gasteiger partial charge in [-0.25, -0.2) is 17.2 Å². The Kier molecular flexibility index (Phi) is 8.24. The van der Waals surface area contributed by atoms with Crippen molar-refractivity contribution < 1.29 is 22.0 Å². The maximum absolute atomic E-state index is 13.9. The van der Waals surface area contributed by atoms with Gasteiger partial charge in [-0.2, -0.15) is 9.40 Å². The van der Waals surface area contributed by atoms with Crippen LogP contribution in [0.25, 0.3) is 0 Å². The molecule has 3 N–H and O–H groups in total. The summed E-state index contributed by atoms with van der Waals surface area (Å²) in [5.41, 5.74) is 2.89. The Morgan fingerprint density at radius 1 is 1.09 bits per heavy atom. The van der Waals surface area contributed by atoms with E-state index in [1.165, 1.54) is 4.31 Å². The Labute approximate surface area is 256 Å². The number of fused-ring (bicyclic) bond motifs is 1. The zero-order valence-electron chi connectivity index (χ0n) is 25.3. The van der Waals surface area contributed by atoms with E-state index in [1.54, 1.807) is 13.8 Å². The van der Waals surface area contributed by atoms with E-state index in [-0.39, 0.29) is 18.7 Å². The van der Waals surface area contributed by atoms with E-state index in [2.05, 4.69) is 43.7 Å². The molecule has 0 aliphatic carbocycles. The number of hydrogen-bond acceptors (Lipinski definition) is 8. The number of halogens is 2. The van der Waals surface area contributed by atoms with Crippen molar-refractivity contribution in [1.29, 1.82) is 0 Å². The summed E-state index contributed by atoms with van der Waals surface area (Å²) in [4.78, 5) is 18.0. The topological polar surface area (TPSA) is 114 Å². The Balaban J connectivity index is 1.25. The smallest absolute Gasteiger partial charge is 0.244 e. The summed E-state index contributed by atoms with van der Waals surface area (Å²) >= 11 is 0. The van der Waals surface area contributed by atoms with Crippen molar-refractivity contribution in [2.75, 3.05) is 56.5 Å². The van der Waals surface area contributed by atoms with E-state index >= 15 is 0 Å². The minimum atomic E-state index is -4.28. The fourth-order valence-corrected chi connectivity index (χ4v) is 8.24. The van der Waals surface area contributed by atoms with Gasteiger partial charge in [0, 0.05) is 79.6 Å². The average Bonchev–Trinajstić information content (AvgIpc) is 3.70. The molecule has 0 radical (unpaired) electrons. The summed E-state index contributed by atoms with van der Waals surface area (Å²) in [5, 5.41) is 14.4. The lowest BCUT2D eigenvalue weighted by Crippen LogP contribution is -2.44. The number of anilines is 2. The van der Waals surface area contributed by atoms with Gasteiger partial charge in [-0.15, -0.1) is 0 Å². The van der Waals surface area contributed by atoms with Gasteiger partial charge in [0.05, 0.1) is 22.5 Å². The number of nitrogens with one attached hydrogen (secondary N) is 3. The zero-order chi connectivity index (χ0) is 31.2. The number of aromatic amines is 1. The van der Waals surface area contributed by atoms with Gasteiger partial charge in [0.25, 0.3) is 0 Å². The molecule has 2 fully saturated rings. The molecule has 0 bridgehead atoms. The molecule has 3 aromatic rings. The summed E-state index contributed by atoms with van der Waals surface area (Å²) in [5.74, 6) is -2.08. The van der Waals surface area contributed by atoms with Crippen molar-refractivity contribution in [2.24, 2.45) is 0 Å². The van der Waals surface area contributed by atoms with Crippen LogP contribution in [0.15, 0.2) is 41.3 Å². The van der Waals surface area contributed by atoms with Crippen molar-refractivity contribution in [3.8, 4) is 0 Å². The summed E-state index contributed by atoms with van der Waals surface area (Å²) in [7, 11) is -2.16. The highest BCUT2D eigenvalue weighted by Crippen LogP contribution is 2.43. The predicted octanol–water partition coefficient (Wildman–Crippen LogP) is 3.47. The Bertz CT molecular complexity index is 1640. The average molecular weight is 628 g/mol. The molecule has 10 nitrogen and oxygen atoms in total. The van der Waals surface area contributed by atoms with Gasteiger partial charge < -0.3 is 20.4 Å². The first-order valence-electron chi connectivity index (χ1n) is 15.1. The monoisotopic (exact) mass is 627 g/mol. The molecule has 1 atom stereocenters. The molecule has 44 heavy (non-hydrogen) atoms. The first kappa shape index (κ1) is 30.6. The summed E-state index contributed by atoms with van der Waals surface area (Å²) in [6.07, 6.45) is 2.19. The number of ketones is 1. The molecular weight excluding hydrogens is 588 g/mol. The van der Waals surface area contributed by atoms with E-state index in [0.29, 0.717) is 41.2 Å². The molecule has 0 amide bonds. The van der Waals surface area contributed by atoms with Crippen molar-refractivity contribution in [1.82, 2.24) is 24.7 Å². The molecule has 13 heteroatoms. The Morgan fingerprint density at radius 2 is 1.82 bits per heavy atom. The fraction of sp³-hybridized carbons (Fsp3) is 0.484. The second-order valence-electron chi connectivity index (χ2n) is 12.5. The van der Waals surface area contributed by atoms with Crippen LogP contribution >= 0.6 is 0 Å². The normalized spacial score (nSPS) is 20.7. The highest BCUT2D eigenvalue weighted by molar-refractivity contribution is 7.89. The van der Waals surface area contributed by atoms with Gasteiger partial charge >= 0.3 is 0 Å². The first-order valence-corrected chi connectivity index (χ1v) is 16.5. The second-order valence-corrected chi connectivity index (χ2v) is 14.4. The third kappa shape index (κ3) is 5.85. The number of piperazine rings is 1. The number of likely N-dealkylation sites (N-methyl/N-ethyl adjacent to an activating group) is 1. The number of benzene rings is 2. The Morgan fingerprint density at radius 3 is 2.50 bits per heavy atom. The van der Waals surface area contributed by atoms with Crippen LogP contribution in [-0.4, -0.2) is 86.0 Å². The van der Waals surface area contributed by atoms with Crippen LogP contribution in [0.2, 0.25) is 0 Å². The number of hydrogen-bond donors (Lipinski definition) is 3. The molecule has 6 rings (SSSR count). The van der Waals surface area contributed by atoms with E-state index in [0.717, 1.165) is 69.1 Å². The van der Waals surface area contributed by atoms with Crippen LogP contribution < -0.4 is 15.5 Å². The van der Waals surface area contributed by atoms with Crippen LogP contribution in [0, 0.1) is 11.6 Å². The largest absolute Gasteiger partial charge is 0.383 e. The van der Waals surface area contributed by atoms with Gasteiger partial charge in [-0.1, -0.05) is 0 Å². The number of nitrogens with zero attached hydrogens (tertiary/aromatic N) is 4. The summed E-state index contributed by atoms with van der Waals surface area (Å²) in [6, 6.07) is 8.50. The summed E-state index contributed by atoms with van der Waals surface area (Å²) < 4.78 is 56.2. The van der Waals surface area contributed by atoms with Crippen molar-refractivity contribution in [3.05, 3.63) is 70.5 Å². The lowest BCUT2D eigenvalue weighted by atomic mass is 9.98. The third-order valence-corrected chi connectivity index (χ3v) is 11.1. The summed E-state index contributed by atoms with van der Waals surface area (Å²) in [6.45, 7) is 8.74. The third-order valence-electron chi connectivity index (χ3n) is 9.09. The maximum Gasteiger partial charge on any atom is 0.244 e. The SMILES string of the molecule is CN1CCN(c2ccc(C(=O)Cc3[nH]nc4c3CN(S(=O)(=O)c3cc(F)cc(F)c3)C4(C)C)c(NC[C@H]3CCCN3)c2)CC1. The minimum Gasteiger partial charge on any atom is -0.383 e. The molecular formula is C31H39F2N7O3S. The number of sulfonamides is 1. The number of carbonyl (C=O) groups excluding carboxylic acids is 1. The van der Waals surface area contributed by atoms with E-state index in [4.69, 9.17) is 0 Å². The van der Waals surface area contributed by atoms with Crippen molar-refractivity contribution >= 4 is 27.2 Å². The second kappa shape index (κ2) is 11.8. The standard InChI is InChI=1S/C31H39F2N7O3S/c1-31(2)30-26(19-40(31)44(42,43)24-14-20(32)13-21(33)15-24)28(36-37-30)17-29(41)25-7-6-23(39-11-9-38(3)10-12-39)16-27(25)35-18-22-5-4-8-34-22/h6-7,13-16,22,34-35H,4-5,8-12,17-19H2,1-3H3,(H,36,37)/t22-/m1/s1. The maximum atomic E-state index is 13.9. The van der Waals surface area contributed by atoms with Gasteiger partial charge in [-0.3, -0.25) is 9.89 Å². The molecule has 0 spiro atoms. The fourth-order valence-electron chi connectivity index (χ4n) is 6.48. The first-order chi connectivity index (χ1) is 20.9. The highest BCUT2D eigenvalue weighted by Gasteiger charge is 2.48. The molecule has 0 saturated carbocycles. The minimum absolute atomic E-state index is 0.00882. The molecule has 2 aromatic carbocycles. The number of Topliss-reactive ketones (excluding diaryl/α,β-unsaturated/α-hetero) is 1. The molecule has 3 aliphatic heterocycles. The van der Waals surface area contributed by atoms with Crippen LogP contribution in [0.4, 0.5) is 20.2 Å². The number of H-pyrrole nitrogens is 1. The predicted molar refractivity (Wildman–Crippen MR) is 164 cm³/mol. The molecule has 2 saturated heterocycles. The van der Waals surface area contributed by atoms with Gasteiger partial charge in [0.1, 0.15) is 11.6 Å². The van der Waals surface area contributed by atoms with Crippen molar-refractivity contribution in [3.63, 3.8) is 0 Å². The molecule has 3 aliphatic rings. The van der Waals surface area contributed by atoms with Crippen LogP contribution in [0.5, 0.6) is 0 Å². The lowest BCUT2D eigenvalue weighted by molar-refractivity contribution is 0.0992. The van der Waals surface area contributed by atoms with Crippen LogP contribution in [-0.2, 0) is 28.5 Å². The number of aromatic nitrogens is 2. The lowest BCUT2D eigenvalue weighted by Gasteiger charge is -2.34. The van der Waals surface area contributed by atoms with Crippen molar-refractivity contribution in [2.45, 2.75) is 56.1 Å². The number of carbonyl (C=O) groups is 1. The molecule has 4 heterocycles. The zero-order valence-corrected chi connectivity index (χ0v) is 26.1. The van der Waals surface area contributed by atoms with Crippen LogP contribution in [0.1, 0.15) is 54.0 Å². The van der Waals surface area contributed by atoms with Gasteiger partial charge in [-0.05, 0) is 70.6 Å². The van der Waals surface area contributed by atoms with E-state index < -0.39 is 32.1 Å². The van der Waals surface area contributed by atoms with Gasteiger partial charge in [0.15, 0.2) is 5.78 Å². The quantitative estimate of drug-likeness (QED) is 0.309. The highest BCUT2D eigenvalue weighted by atomic mass is 32.2. The van der Waals surface area contributed by atoms with Crippen LogP contribution in [0.3, 0.4) is 0 Å². The molecule has 0 unspecified atom stereocenters. The Hall–Kier alpha value is -3.39.